The molecule has 4 fully saturated rings. The van der Waals surface area contributed by atoms with Gasteiger partial charge in [-0.15, -0.1) is 0 Å². The van der Waals surface area contributed by atoms with E-state index in [0.717, 1.165) is 36.0 Å². The number of methoxy groups -OCH3 is 1. The molecule has 0 atom stereocenters. The fourth-order valence-electron chi connectivity index (χ4n) is 5.68. The zero-order chi connectivity index (χ0) is 16.7. The smallest absolute Gasteiger partial charge is 0.179 e. The first-order chi connectivity index (χ1) is 11.7. The molecule has 1 aromatic carbocycles. The minimum absolute atomic E-state index is 0.610. The van der Waals surface area contributed by atoms with Gasteiger partial charge in [0.2, 0.25) is 0 Å². The van der Waals surface area contributed by atoms with E-state index in [1.807, 2.05) is 13.0 Å². The molecule has 0 unspecified atom stereocenters. The average Bonchev–Trinajstić information content (AvgIpc) is 2.54. The molecule has 132 valence electrons. The molecule has 4 aliphatic rings. The molecular weight excluding hydrogens is 322 g/mol. The number of hydrogen-bond donors (Lipinski definition) is 1. The molecule has 3 nitrogen and oxygen atoms in total. The Hall–Kier alpha value is -0.930. The van der Waals surface area contributed by atoms with E-state index in [1.165, 1.54) is 37.7 Å². The first-order valence-electron chi connectivity index (χ1n) is 9.40. The highest BCUT2D eigenvalue weighted by atomic mass is 35.5. The second-order valence-corrected chi connectivity index (χ2v) is 8.29. The van der Waals surface area contributed by atoms with E-state index in [9.17, 15) is 0 Å². The van der Waals surface area contributed by atoms with Crippen molar-refractivity contribution in [1.82, 2.24) is 5.32 Å². The maximum Gasteiger partial charge on any atom is 0.179 e. The summed E-state index contributed by atoms with van der Waals surface area (Å²) in [5.41, 5.74) is 1.18. The molecule has 0 aromatic heterocycles. The lowest BCUT2D eigenvalue weighted by atomic mass is 9.54. The SMILES string of the molecule is CCOc1cc(CNC2C3CC4CC(C3)CC2C4)cc(Cl)c1OC. The van der Waals surface area contributed by atoms with Crippen LogP contribution in [0.2, 0.25) is 5.02 Å². The van der Waals surface area contributed by atoms with E-state index in [-0.39, 0.29) is 0 Å². The predicted molar refractivity (Wildman–Crippen MR) is 96.8 cm³/mol. The number of ether oxygens (including phenoxy) is 2. The third kappa shape index (κ3) is 3.01. The third-order valence-corrected chi connectivity index (χ3v) is 6.62. The molecule has 4 heteroatoms. The molecule has 0 heterocycles. The minimum atomic E-state index is 0.610. The van der Waals surface area contributed by atoms with Crippen molar-refractivity contribution in [2.75, 3.05) is 13.7 Å². The van der Waals surface area contributed by atoms with E-state index in [1.54, 1.807) is 7.11 Å². The fourth-order valence-corrected chi connectivity index (χ4v) is 5.99. The van der Waals surface area contributed by atoms with Gasteiger partial charge in [0.15, 0.2) is 11.5 Å². The second kappa shape index (κ2) is 6.76. The zero-order valence-corrected chi connectivity index (χ0v) is 15.4. The highest BCUT2D eigenvalue weighted by molar-refractivity contribution is 6.32. The van der Waals surface area contributed by atoms with Crippen molar-refractivity contribution < 1.29 is 9.47 Å². The van der Waals surface area contributed by atoms with Gasteiger partial charge in [0, 0.05) is 12.6 Å². The molecular formula is C20H28ClNO2. The van der Waals surface area contributed by atoms with Crippen molar-refractivity contribution >= 4 is 11.6 Å². The van der Waals surface area contributed by atoms with Crippen LogP contribution in [0.15, 0.2) is 12.1 Å². The normalized spacial score (nSPS) is 33.7. The zero-order valence-electron chi connectivity index (χ0n) is 14.7. The van der Waals surface area contributed by atoms with E-state index in [0.29, 0.717) is 23.4 Å². The molecule has 0 spiro atoms. The highest BCUT2D eigenvalue weighted by Gasteiger charge is 2.47. The lowest BCUT2D eigenvalue weighted by Crippen LogP contribution is -2.54. The standard InChI is InChI=1S/C20H28ClNO2/c1-3-24-18-10-14(9-17(21)20(18)23-2)11-22-19-15-5-12-4-13(7-15)8-16(19)6-12/h9-10,12-13,15-16,19,22H,3-8,11H2,1-2H3. The third-order valence-electron chi connectivity index (χ3n) is 6.34. The van der Waals surface area contributed by atoms with Crippen molar-refractivity contribution in [1.29, 1.82) is 0 Å². The van der Waals surface area contributed by atoms with Crippen LogP contribution in [0.5, 0.6) is 11.5 Å². The highest BCUT2D eigenvalue weighted by Crippen LogP contribution is 2.53. The molecule has 4 saturated carbocycles. The lowest BCUT2D eigenvalue weighted by Gasteiger charge is -2.54. The fraction of sp³-hybridized carbons (Fsp3) is 0.700. The van der Waals surface area contributed by atoms with Crippen LogP contribution in [0, 0.1) is 23.7 Å². The van der Waals surface area contributed by atoms with Crippen molar-refractivity contribution in [3.8, 4) is 11.5 Å². The summed E-state index contributed by atoms with van der Waals surface area (Å²) in [5.74, 6) is 5.20. The van der Waals surface area contributed by atoms with E-state index in [4.69, 9.17) is 21.1 Å². The lowest BCUT2D eigenvalue weighted by molar-refractivity contribution is -0.0142. The van der Waals surface area contributed by atoms with Crippen molar-refractivity contribution in [3.05, 3.63) is 22.7 Å². The minimum Gasteiger partial charge on any atom is -0.491 e. The van der Waals surface area contributed by atoms with Crippen molar-refractivity contribution in [3.63, 3.8) is 0 Å². The summed E-state index contributed by atoms with van der Waals surface area (Å²) in [4.78, 5) is 0. The van der Waals surface area contributed by atoms with Gasteiger partial charge in [-0.3, -0.25) is 0 Å². The van der Waals surface area contributed by atoms with Gasteiger partial charge in [-0.25, -0.2) is 0 Å². The molecule has 4 aliphatic carbocycles. The van der Waals surface area contributed by atoms with Crippen molar-refractivity contribution in [2.24, 2.45) is 23.7 Å². The van der Waals surface area contributed by atoms with Gasteiger partial charge in [-0.2, -0.15) is 0 Å². The maximum absolute atomic E-state index is 6.38. The van der Waals surface area contributed by atoms with Crippen LogP contribution in [0.4, 0.5) is 0 Å². The summed E-state index contributed by atoms with van der Waals surface area (Å²) in [6.45, 7) is 3.45. The molecule has 1 aromatic rings. The van der Waals surface area contributed by atoms with Crippen molar-refractivity contribution in [2.45, 2.75) is 51.6 Å². The van der Waals surface area contributed by atoms with Crippen LogP contribution >= 0.6 is 11.6 Å². The van der Waals surface area contributed by atoms with Gasteiger partial charge >= 0.3 is 0 Å². The number of nitrogens with one attached hydrogen (secondary N) is 1. The molecule has 0 radical (unpaired) electrons. The van der Waals surface area contributed by atoms with Crippen LogP contribution in [0.1, 0.15) is 44.6 Å². The van der Waals surface area contributed by atoms with Gasteiger partial charge < -0.3 is 14.8 Å². The van der Waals surface area contributed by atoms with Crippen LogP contribution in [-0.4, -0.2) is 19.8 Å². The summed E-state index contributed by atoms with van der Waals surface area (Å²) in [5, 5.41) is 4.49. The van der Waals surface area contributed by atoms with E-state index >= 15 is 0 Å². The Kier molecular flexibility index (Phi) is 4.66. The quantitative estimate of drug-likeness (QED) is 0.810. The molecule has 0 aliphatic heterocycles. The molecule has 5 rings (SSSR count). The largest absolute Gasteiger partial charge is 0.491 e. The Balaban J connectivity index is 1.46. The van der Waals surface area contributed by atoms with Crippen LogP contribution in [0.3, 0.4) is 0 Å². The van der Waals surface area contributed by atoms with Gasteiger partial charge in [-0.05, 0) is 80.4 Å². The van der Waals surface area contributed by atoms with Crippen LogP contribution < -0.4 is 14.8 Å². The second-order valence-electron chi connectivity index (χ2n) is 7.88. The summed E-state index contributed by atoms with van der Waals surface area (Å²) >= 11 is 6.38. The number of benzene rings is 1. The first kappa shape index (κ1) is 16.5. The summed E-state index contributed by atoms with van der Waals surface area (Å²) in [7, 11) is 1.64. The molecule has 4 bridgehead atoms. The van der Waals surface area contributed by atoms with E-state index in [2.05, 4.69) is 11.4 Å². The molecule has 24 heavy (non-hydrogen) atoms. The summed E-state index contributed by atoms with van der Waals surface area (Å²) in [6.07, 6.45) is 7.28. The molecule has 0 amide bonds. The maximum atomic E-state index is 6.38. The monoisotopic (exact) mass is 349 g/mol. The topological polar surface area (TPSA) is 30.5 Å². The van der Waals surface area contributed by atoms with Gasteiger partial charge in [0.1, 0.15) is 0 Å². The number of rotatable bonds is 6. The summed E-state index contributed by atoms with van der Waals surface area (Å²) in [6, 6.07) is 4.76. The van der Waals surface area contributed by atoms with Gasteiger partial charge in [0.05, 0.1) is 18.7 Å². The van der Waals surface area contributed by atoms with Gasteiger partial charge in [-0.1, -0.05) is 11.6 Å². The average molecular weight is 350 g/mol. The Morgan fingerprint density at radius 3 is 2.33 bits per heavy atom. The Labute approximate surface area is 150 Å². The predicted octanol–water partition coefficient (Wildman–Crippen LogP) is 4.66. The molecule has 1 N–H and O–H groups in total. The Morgan fingerprint density at radius 2 is 1.75 bits per heavy atom. The van der Waals surface area contributed by atoms with Crippen LogP contribution in [-0.2, 0) is 6.54 Å². The Morgan fingerprint density at radius 1 is 1.08 bits per heavy atom. The Bertz CT molecular complexity index is 576. The van der Waals surface area contributed by atoms with Crippen LogP contribution in [0.25, 0.3) is 0 Å². The number of hydrogen-bond acceptors (Lipinski definition) is 3. The molecule has 0 saturated heterocycles. The van der Waals surface area contributed by atoms with Gasteiger partial charge in [0.25, 0.3) is 0 Å². The summed E-state index contributed by atoms with van der Waals surface area (Å²) < 4.78 is 11.1. The van der Waals surface area contributed by atoms with E-state index < -0.39 is 0 Å². The first-order valence-corrected chi connectivity index (χ1v) is 9.78. The number of halogens is 1.